The van der Waals surface area contributed by atoms with Crippen LogP contribution in [0.15, 0.2) is 29.0 Å². The fourth-order valence-electron chi connectivity index (χ4n) is 3.13. The molecule has 1 amide bonds. The number of aromatic nitrogens is 3. The molecule has 0 unspecified atom stereocenters. The van der Waals surface area contributed by atoms with E-state index in [0.717, 1.165) is 42.6 Å². The number of aryl methyl sites for hydroxylation is 2. The summed E-state index contributed by atoms with van der Waals surface area (Å²) >= 11 is 3.37. The van der Waals surface area contributed by atoms with Gasteiger partial charge in [-0.25, -0.2) is 0 Å². The number of nitrogens with zero attached hydrogens (tertiary/aromatic N) is 4. The molecule has 0 atom stereocenters. The van der Waals surface area contributed by atoms with Gasteiger partial charge < -0.3 is 4.90 Å². The molecule has 5 nitrogen and oxygen atoms in total. The van der Waals surface area contributed by atoms with E-state index in [1.54, 1.807) is 12.4 Å². The monoisotopic (exact) mass is 376 g/mol. The fourth-order valence-corrected chi connectivity index (χ4v) is 3.50. The molecule has 2 aromatic heterocycles. The van der Waals surface area contributed by atoms with Gasteiger partial charge in [0.25, 0.3) is 5.91 Å². The third kappa shape index (κ3) is 3.80. The lowest BCUT2D eigenvalue weighted by Crippen LogP contribution is -2.39. The summed E-state index contributed by atoms with van der Waals surface area (Å²) in [6, 6.07) is 3.94. The van der Waals surface area contributed by atoms with Gasteiger partial charge in [0.1, 0.15) is 0 Å². The van der Waals surface area contributed by atoms with Crippen molar-refractivity contribution >= 4 is 21.8 Å². The maximum Gasteiger partial charge on any atom is 0.255 e. The van der Waals surface area contributed by atoms with Gasteiger partial charge in [-0.2, -0.15) is 5.10 Å². The highest BCUT2D eigenvalue weighted by Crippen LogP contribution is 2.22. The van der Waals surface area contributed by atoms with E-state index in [1.165, 1.54) is 5.69 Å². The maximum atomic E-state index is 12.5. The summed E-state index contributed by atoms with van der Waals surface area (Å²) in [6.07, 6.45) is 5.36. The molecule has 0 spiro atoms. The highest BCUT2D eigenvalue weighted by atomic mass is 79.9. The Morgan fingerprint density at radius 1 is 1.26 bits per heavy atom. The Hall–Kier alpha value is -1.69. The first-order valence-corrected chi connectivity index (χ1v) is 8.73. The van der Waals surface area contributed by atoms with Crippen LogP contribution in [-0.4, -0.2) is 38.7 Å². The van der Waals surface area contributed by atoms with E-state index >= 15 is 0 Å². The van der Waals surface area contributed by atoms with E-state index in [2.05, 4.69) is 43.7 Å². The zero-order valence-corrected chi connectivity index (χ0v) is 15.1. The first-order valence-electron chi connectivity index (χ1n) is 7.94. The van der Waals surface area contributed by atoms with E-state index in [0.29, 0.717) is 11.5 Å². The SMILES string of the molecule is Cc1cc(C)n(CC2CCN(C(=O)c3cncc(Br)c3)CC2)n1. The van der Waals surface area contributed by atoms with Crippen LogP contribution in [0.1, 0.15) is 34.6 Å². The van der Waals surface area contributed by atoms with Crippen LogP contribution in [0.2, 0.25) is 0 Å². The van der Waals surface area contributed by atoms with Crippen LogP contribution in [0.5, 0.6) is 0 Å². The van der Waals surface area contributed by atoms with Crippen molar-refractivity contribution in [1.82, 2.24) is 19.7 Å². The van der Waals surface area contributed by atoms with Crippen molar-refractivity contribution in [3.8, 4) is 0 Å². The molecule has 122 valence electrons. The molecule has 0 N–H and O–H groups in total. The van der Waals surface area contributed by atoms with Crippen LogP contribution in [0.3, 0.4) is 0 Å². The summed E-state index contributed by atoms with van der Waals surface area (Å²) < 4.78 is 2.93. The highest BCUT2D eigenvalue weighted by molar-refractivity contribution is 9.10. The van der Waals surface area contributed by atoms with Crippen molar-refractivity contribution in [2.45, 2.75) is 33.2 Å². The van der Waals surface area contributed by atoms with Crippen LogP contribution >= 0.6 is 15.9 Å². The molecule has 0 aliphatic carbocycles. The van der Waals surface area contributed by atoms with Crippen LogP contribution in [-0.2, 0) is 6.54 Å². The number of hydrogen-bond donors (Lipinski definition) is 0. The number of likely N-dealkylation sites (tertiary alicyclic amines) is 1. The zero-order chi connectivity index (χ0) is 16.4. The van der Waals surface area contributed by atoms with Gasteiger partial charge in [-0.3, -0.25) is 14.5 Å². The standard InChI is InChI=1S/C17H21BrN4O/c1-12-7-13(2)22(20-12)11-14-3-5-21(6-4-14)17(23)15-8-16(18)10-19-9-15/h7-10,14H,3-6,11H2,1-2H3. The highest BCUT2D eigenvalue weighted by Gasteiger charge is 2.24. The molecule has 1 aliphatic rings. The Balaban J connectivity index is 1.58. The summed E-state index contributed by atoms with van der Waals surface area (Å²) in [5.41, 5.74) is 2.93. The first kappa shape index (κ1) is 16.2. The van der Waals surface area contributed by atoms with Crippen LogP contribution in [0.25, 0.3) is 0 Å². The summed E-state index contributed by atoms with van der Waals surface area (Å²) in [7, 11) is 0. The number of carbonyl (C=O) groups is 1. The minimum absolute atomic E-state index is 0.0726. The predicted octanol–water partition coefficient (Wildman–Crippen LogP) is 3.21. The molecule has 1 fully saturated rings. The molecule has 23 heavy (non-hydrogen) atoms. The van der Waals surface area contributed by atoms with Gasteiger partial charge >= 0.3 is 0 Å². The lowest BCUT2D eigenvalue weighted by atomic mass is 9.96. The van der Waals surface area contributed by atoms with Gasteiger partial charge in [0.05, 0.1) is 11.3 Å². The lowest BCUT2D eigenvalue weighted by molar-refractivity contribution is 0.0680. The van der Waals surface area contributed by atoms with Crippen LogP contribution in [0, 0.1) is 19.8 Å². The second-order valence-corrected chi connectivity index (χ2v) is 7.15. The number of pyridine rings is 1. The third-order valence-electron chi connectivity index (χ3n) is 4.39. The van der Waals surface area contributed by atoms with E-state index < -0.39 is 0 Å². The van der Waals surface area contributed by atoms with Gasteiger partial charge in [0, 0.05) is 42.2 Å². The van der Waals surface area contributed by atoms with E-state index in [-0.39, 0.29) is 5.91 Å². The number of halogens is 1. The topological polar surface area (TPSA) is 51.0 Å². The Morgan fingerprint density at radius 3 is 2.61 bits per heavy atom. The van der Waals surface area contributed by atoms with Crippen molar-refractivity contribution in [2.24, 2.45) is 5.92 Å². The van der Waals surface area contributed by atoms with Crippen molar-refractivity contribution in [2.75, 3.05) is 13.1 Å². The molecular formula is C17H21BrN4O. The second kappa shape index (κ2) is 6.83. The largest absolute Gasteiger partial charge is 0.339 e. The van der Waals surface area contributed by atoms with Gasteiger partial charge in [0.15, 0.2) is 0 Å². The molecule has 1 aliphatic heterocycles. The number of amides is 1. The molecular weight excluding hydrogens is 356 g/mol. The fraction of sp³-hybridized carbons (Fsp3) is 0.471. The Labute approximate surface area is 144 Å². The van der Waals surface area contributed by atoms with Crippen molar-refractivity contribution in [3.05, 3.63) is 46.0 Å². The number of hydrogen-bond acceptors (Lipinski definition) is 3. The molecule has 6 heteroatoms. The van der Waals surface area contributed by atoms with Crippen molar-refractivity contribution < 1.29 is 4.79 Å². The molecule has 0 aromatic carbocycles. The number of rotatable bonds is 3. The predicted molar refractivity (Wildman–Crippen MR) is 92.3 cm³/mol. The molecule has 0 bridgehead atoms. The summed E-state index contributed by atoms with van der Waals surface area (Å²) in [4.78, 5) is 18.5. The van der Waals surface area contributed by atoms with E-state index in [1.807, 2.05) is 17.9 Å². The average molecular weight is 377 g/mol. The molecule has 3 heterocycles. The second-order valence-electron chi connectivity index (χ2n) is 6.24. The quantitative estimate of drug-likeness (QED) is 0.826. The third-order valence-corrected chi connectivity index (χ3v) is 4.82. The number of carbonyl (C=O) groups excluding carboxylic acids is 1. The Bertz CT molecular complexity index is 704. The summed E-state index contributed by atoms with van der Waals surface area (Å²) in [6.45, 7) is 6.67. The summed E-state index contributed by atoms with van der Waals surface area (Å²) in [5.74, 6) is 0.654. The molecule has 3 rings (SSSR count). The van der Waals surface area contributed by atoms with Gasteiger partial charge in [-0.15, -0.1) is 0 Å². The Morgan fingerprint density at radius 2 is 2.00 bits per heavy atom. The zero-order valence-electron chi connectivity index (χ0n) is 13.5. The van der Waals surface area contributed by atoms with Gasteiger partial charge in [-0.05, 0) is 60.7 Å². The van der Waals surface area contributed by atoms with E-state index in [4.69, 9.17) is 0 Å². The van der Waals surface area contributed by atoms with Gasteiger partial charge in [0.2, 0.25) is 0 Å². The van der Waals surface area contributed by atoms with Crippen molar-refractivity contribution in [3.63, 3.8) is 0 Å². The minimum Gasteiger partial charge on any atom is -0.339 e. The molecule has 0 radical (unpaired) electrons. The smallest absolute Gasteiger partial charge is 0.255 e. The maximum absolute atomic E-state index is 12.5. The molecule has 2 aromatic rings. The average Bonchev–Trinajstić information content (AvgIpc) is 2.85. The molecule has 1 saturated heterocycles. The first-order chi connectivity index (χ1) is 11.0. The van der Waals surface area contributed by atoms with Crippen LogP contribution in [0.4, 0.5) is 0 Å². The number of piperidine rings is 1. The lowest BCUT2D eigenvalue weighted by Gasteiger charge is -2.32. The van der Waals surface area contributed by atoms with Crippen molar-refractivity contribution in [1.29, 1.82) is 0 Å². The van der Waals surface area contributed by atoms with E-state index in [9.17, 15) is 4.79 Å². The summed E-state index contributed by atoms with van der Waals surface area (Å²) in [5, 5.41) is 4.54. The van der Waals surface area contributed by atoms with Crippen LogP contribution < -0.4 is 0 Å². The molecule has 0 saturated carbocycles. The normalized spacial score (nSPS) is 15.9. The Kier molecular flexibility index (Phi) is 4.80. The minimum atomic E-state index is 0.0726. The van der Waals surface area contributed by atoms with Gasteiger partial charge in [-0.1, -0.05) is 0 Å².